The van der Waals surface area contributed by atoms with Gasteiger partial charge in [0.1, 0.15) is 0 Å². The Morgan fingerprint density at radius 3 is 2.54 bits per heavy atom. The standard InChI is InChI=1S/C11H13NS/c1-9(13)8-11(12-2)10-6-4-3-5-7-10/h3-9,13H,2H2,1H3/b11-8-/t9-/m1/s1. The van der Waals surface area contributed by atoms with Crippen molar-refractivity contribution in [1.82, 2.24) is 0 Å². The lowest BCUT2D eigenvalue weighted by molar-refractivity contribution is 1.25. The van der Waals surface area contributed by atoms with Crippen molar-refractivity contribution in [3.8, 4) is 0 Å². The molecule has 2 heteroatoms. The third-order valence-corrected chi connectivity index (χ3v) is 1.79. The molecule has 0 saturated heterocycles. The van der Waals surface area contributed by atoms with E-state index in [0.717, 1.165) is 11.3 Å². The van der Waals surface area contributed by atoms with Crippen molar-refractivity contribution in [2.75, 3.05) is 0 Å². The van der Waals surface area contributed by atoms with Crippen LogP contribution in [0.15, 0.2) is 41.4 Å². The number of nitrogens with zero attached hydrogens (tertiary/aromatic N) is 1. The van der Waals surface area contributed by atoms with Gasteiger partial charge in [0.25, 0.3) is 0 Å². The van der Waals surface area contributed by atoms with Crippen LogP contribution in [0.2, 0.25) is 0 Å². The lowest BCUT2D eigenvalue weighted by Gasteiger charge is -2.02. The van der Waals surface area contributed by atoms with Crippen molar-refractivity contribution in [1.29, 1.82) is 0 Å². The lowest BCUT2D eigenvalue weighted by atomic mass is 10.1. The van der Waals surface area contributed by atoms with Crippen molar-refractivity contribution >= 4 is 25.0 Å². The Morgan fingerprint density at radius 2 is 2.08 bits per heavy atom. The molecule has 0 N–H and O–H groups in total. The predicted octanol–water partition coefficient (Wildman–Crippen LogP) is 3.05. The number of hydrogen-bond donors (Lipinski definition) is 1. The van der Waals surface area contributed by atoms with Gasteiger partial charge in [0.2, 0.25) is 0 Å². The highest BCUT2D eigenvalue weighted by Crippen LogP contribution is 2.16. The van der Waals surface area contributed by atoms with E-state index in [2.05, 4.69) is 24.3 Å². The Hall–Kier alpha value is -1.02. The first-order valence-electron chi connectivity index (χ1n) is 4.16. The van der Waals surface area contributed by atoms with E-state index < -0.39 is 0 Å². The third kappa shape index (κ3) is 3.07. The summed E-state index contributed by atoms with van der Waals surface area (Å²) < 4.78 is 0. The second kappa shape index (κ2) is 4.87. The normalized spacial score (nSPS) is 13.8. The maximum Gasteiger partial charge on any atom is 0.0665 e. The van der Waals surface area contributed by atoms with Crippen LogP contribution in [0.25, 0.3) is 5.70 Å². The molecule has 0 aliphatic carbocycles. The maximum absolute atomic E-state index is 4.28. The fraction of sp³-hybridized carbons (Fsp3) is 0.182. The fourth-order valence-electron chi connectivity index (χ4n) is 1.08. The Morgan fingerprint density at radius 1 is 1.46 bits per heavy atom. The quantitative estimate of drug-likeness (QED) is 0.557. The van der Waals surface area contributed by atoms with E-state index >= 15 is 0 Å². The summed E-state index contributed by atoms with van der Waals surface area (Å²) in [6.07, 6.45) is 1.98. The summed E-state index contributed by atoms with van der Waals surface area (Å²) in [6, 6.07) is 9.97. The molecule has 13 heavy (non-hydrogen) atoms. The molecule has 68 valence electrons. The van der Waals surface area contributed by atoms with Gasteiger partial charge in [-0.15, -0.1) is 0 Å². The van der Waals surface area contributed by atoms with Crippen LogP contribution in [-0.4, -0.2) is 12.0 Å². The number of rotatable bonds is 3. The van der Waals surface area contributed by atoms with Gasteiger partial charge in [0.15, 0.2) is 0 Å². The third-order valence-electron chi connectivity index (χ3n) is 1.64. The Labute approximate surface area is 84.6 Å². The lowest BCUT2D eigenvalue weighted by Crippen LogP contribution is -1.87. The molecule has 0 aromatic heterocycles. The first-order valence-corrected chi connectivity index (χ1v) is 4.67. The minimum absolute atomic E-state index is 0.195. The molecule has 0 spiro atoms. The van der Waals surface area contributed by atoms with E-state index in [1.54, 1.807) is 0 Å². The van der Waals surface area contributed by atoms with Crippen LogP contribution in [0, 0.1) is 0 Å². The average Bonchev–Trinajstić information content (AvgIpc) is 2.15. The van der Waals surface area contributed by atoms with Crippen LogP contribution < -0.4 is 0 Å². The minimum Gasteiger partial charge on any atom is -0.264 e. The number of benzene rings is 1. The zero-order valence-electron chi connectivity index (χ0n) is 7.64. The van der Waals surface area contributed by atoms with E-state index in [4.69, 9.17) is 0 Å². The SMILES string of the molecule is C=N/C(=C\[C@@H](C)S)c1ccccc1. The summed E-state index contributed by atoms with van der Waals surface area (Å²) in [5.41, 5.74) is 1.97. The zero-order valence-corrected chi connectivity index (χ0v) is 8.54. The van der Waals surface area contributed by atoms with Crippen LogP contribution in [-0.2, 0) is 0 Å². The molecule has 0 aliphatic rings. The summed E-state index contributed by atoms with van der Waals surface area (Å²) in [4.78, 5) is 3.96. The molecule has 1 aromatic carbocycles. The average molecular weight is 191 g/mol. The van der Waals surface area contributed by atoms with E-state index in [9.17, 15) is 0 Å². The van der Waals surface area contributed by atoms with Crippen molar-refractivity contribution in [3.05, 3.63) is 42.0 Å². The summed E-state index contributed by atoms with van der Waals surface area (Å²) in [7, 11) is 0. The maximum atomic E-state index is 4.28. The molecule has 1 rings (SSSR count). The van der Waals surface area contributed by atoms with Crippen LogP contribution in [0.5, 0.6) is 0 Å². The molecule has 0 radical (unpaired) electrons. The molecule has 0 bridgehead atoms. The Kier molecular flexibility index (Phi) is 3.77. The van der Waals surface area contributed by atoms with E-state index in [-0.39, 0.29) is 5.25 Å². The molecule has 1 nitrogen and oxygen atoms in total. The molecule has 0 saturated carbocycles. The molecule has 1 aromatic rings. The molecular weight excluding hydrogens is 178 g/mol. The predicted molar refractivity (Wildman–Crippen MR) is 62.4 cm³/mol. The van der Waals surface area contributed by atoms with Crippen LogP contribution in [0.1, 0.15) is 12.5 Å². The zero-order chi connectivity index (χ0) is 9.68. The topological polar surface area (TPSA) is 12.4 Å². The van der Waals surface area contributed by atoms with Gasteiger partial charge >= 0.3 is 0 Å². The van der Waals surface area contributed by atoms with Gasteiger partial charge in [-0.3, -0.25) is 4.99 Å². The highest BCUT2D eigenvalue weighted by Gasteiger charge is 1.98. The van der Waals surface area contributed by atoms with Crippen molar-refractivity contribution in [3.63, 3.8) is 0 Å². The van der Waals surface area contributed by atoms with Crippen molar-refractivity contribution in [2.24, 2.45) is 4.99 Å². The molecule has 0 fully saturated rings. The molecule has 1 atom stereocenters. The van der Waals surface area contributed by atoms with Crippen molar-refractivity contribution < 1.29 is 0 Å². The van der Waals surface area contributed by atoms with Crippen molar-refractivity contribution in [2.45, 2.75) is 12.2 Å². The van der Waals surface area contributed by atoms with Gasteiger partial charge < -0.3 is 0 Å². The first kappa shape index (κ1) is 10.1. The monoisotopic (exact) mass is 191 g/mol. The first-order chi connectivity index (χ1) is 6.24. The Bertz CT molecular complexity index is 301. The van der Waals surface area contributed by atoms with Crippen LogP contribution in [0.3, 0.4) is 0 Å². The number of thiol groups is 1. The molecule has 0 aliphatic heterocycles. The second-order valence-corrected chi connectivity index (χ2v) is 3.63. The van der Waals surface area contributed by atoms with E-state index in [0.29, 0.717) is 0 Å². The number of hydrogen-bond acceptors (Lipinski definition) is 2. The van der Waals surface area contributed by atoms with Gasteiger partial charge in [-0.25, -0.2) is 0 Å². The van der Waals surface area contributed by atoms with Gasteiger partial charge in [-0.05, 0) is 25.3 Å². The molecule has 0 heterocycles. The largest absolute Gasteiger partial charge is 0.264 e. The van der Waals surface area contributed by atoms with E-state index in [1.807, 2.05) is 43.3 Å². The summed E-state index contributed by atoms with van der Waals surface area (Å²) in [5, 5.41) is 0.195. The van der Waals surface area contributed by atoms with E-state index in [1.165, 1.54) is 0 Å². The highest BCUT2D eigenvalue weighted by molar-refractivity contribution is 7.81. The minimum atomic E-state index is 0.195. The fourth-order valence-corrected chi connectivity index (χ4v) is 1.22. The van der Waals surface area contributed by atoms with Gasteiger partial charge in [-0.1, -0.05) is 30.3 Å². The van der Waals surface area contributed by atoms with Gasteiger partial charge in [0.05, 0.1) is 5.70 Å². The molecule has 0 amide bonds. The van der Waals surface area contributed by atoms with Crippen LogP contribution >= 0.6 is 12.6 Å². The summed E-state index contributed by atoms with van der Waals surface area (Å²) >= 11 is 4.28. The Balaban J connectivity index is 2.98. The van der Waals surface area contributed by atoms with Gasteiger partial charge in [-0.2, -0.15) is 12.6 Å². The highest BCUT2D eigenvalue weighted by atomic mass is 32.1. The second-order valence-electron chi connectivity index (χ2n) is 2.82. The summed E-state index contributed by atoms with van der Waals surface area (Å²) in [5.74, 6) is 0. The van der Waals surface area contributed by atoms with Crippen LogP contribution in [0.4, 0.5) is 0 Å². The summed E-state index contributed by atoms with van der Waals surface area (Å²) in [6.45, 7) is 5.54. The molecule has 0 unspecified atom stereocenters. The molecular formula is C11H13NS. The number of aliphatic imine (C=N–C) groups is 1. The van der Waals surface area contributed by atoms with Gasteiger partial charge in [0, 0.05) is 5.25 Å². The smallest absolute Gasteiger partial charge is 0.0665 e.